The van der Waals surface area contributed by atoms with Gasteiger partial charge in [0.05, 0.1) is 35.8 Å². The van der Waals surface area contributed by atoms with Gasteiger partial charge in [-0.15, -0.1) is 11.6 Å². The van der Waals surface area contributed by atoms with Crippen LogP contribution < -0.4 is 19.7 Å². The van der Waals surface area contributed by atoms with Gasteiger partial charge in [0.2, 0.25) is 5.82 Å². The molecule has 0 saturated carbocycles. The Labute approximate surface area is 226 Å². The van der Waals surface area contributed by atoms with Crippen molar-refractivity contribution in [1.82, 2.24) is 15.3 Å². The van der Waals surface area contributed by atoms with E-state index in [1.165, 1.54) is 11.9 Å². The minimum Gasteiger partial charge on any atom is -0.493 e. The number of carbonyl (C=O) groups is 2. The van der Waals surface area contributed by atoms with Gasteiger partial charge in [-0.05, 0) is 24.3 Å². The molecule has 0 spiro atoms. The molecule has 3 aromatic rings. The molecule has 0 radical (unpaired) electrons. The van der Waals surface area contributed by atoms with Crippen LogP contribution in [0.25, 0.3) is 11.3 Å². The molecule has 200 valence electrons. The summed E-state index contributed by atoms with van der Waals surface area (Å²) in [5, 5.41) is 11.8. The molecule has 0 saturated heterocycles. The average molecular weight is 567 g/mol. The minimum absolute atomic E-state index is 0.0505. The molecule has 1 aliphatic heterocycles. The molecule has 1 unspecified atom stereocenters. The van der Waals surface area contributed by atoms with Crippen molar-refractivity contribution < 1.29 is 33.0 Å². The van der Waals surface area contributed by atoms with Crippen molar-refractivity contribution >= 4 is 40.7 Å². The predicted molar refractivity (Wildman–Crippen MR) is 136 cm³/mol. The molecule has 9 nitrogen and oxygen atoms in total. The Morgan fingerprint density at radius 2 is 2.11 bits per heavy atom. The number of aromatic nitrogens is 2. The van der Waals surface area contributed by atoms with Crippen molar-refractivity contribution in [2.45, 2.75) is 6.04 Å². The number of anilines is 1. The number of nitrogens with zero attached hydrogens (tertiary/aromatic N) is 3. The number of nitrogens with one attached hydrogen (secondary N) is 1. The normalized spacial score (nSPS) is 15.8. The lowest BCUT2D eigenvalue weighted by Crippen LogP contribution is -2.49. The van der Waals surface area contributed by atoms with Crippen LogP contribution in [-0.4, -0.2) is 65.7 Å². The third-order valence-electron chi connectivity index (χ3n) is 5.73. The zero-order valence-electron chi connectivity index (χ0n) is 20.0. The van der Waals surface area contributed by atoms with Gasteiger partial charge in [0, 0.05) is 36.5 Å². The van der Waals surface area contributed by atoms with Crippen LogP contribution in [-0.2, 0) is 4.79 Å². The largest absolute Gasteiger partial charge is 0.493 e. The van der Waals surface area contributed by atoms with E-state index in [4.69, 9.17) is 32.7 Å². The number of alkyl halides is 1. The van der Waals surface area contributed by atoms with Crippen LogP contribution in [0.2, 0.25) is 5.02 Å². The van der Waals surface area contributed by atoms with Crippen molar-refractivity contribution in [3.05, 3.63) is 65.1 Å². The van der Waals surface area contributed by atoms with Crippen molar-refractivity contribution in [2.75, 3.05) is 37.6 Å². The number of ether oxygens (including phenoxy) is 2. The maximum Gasteiger partial charge on any atom is 0.289 e. The Hall–Kier alpha value is -3.54. The standard InChI is InChI=1S/C25H22Cl2F2N4O5/c1-33-20-7-15(37-11-13(8-26)10-34)3-5-21(20)38-12-19(25(33)36)31-24(35)23-30-9-17(27)22(32-23)16-4-2-14(28)6-18(16)29/h2-7,9,13,19,34H,8,10-12H2,1H3,(H,31,35)/t13?,19-/m0/s1. The van der Waals surface area contributed by atoms with Crippen molar-refractivity contribution in [3.63, 3.8) is 0 Å². The average Bonchev–Trinajstić information content (AvgIpc) is 3.02. The van der Waals surface area contributed by atoms with E-state index in [9.17, 15) is 23.5 Å². The Bertz CT molecular complexity index is 1360. The summed E-state index contributed by atoms with van der Waals surface area (Å²) in [7, 11) is 1.52. The van der Waals surface area contributed by atoms with Gasteiger partial charge in [-0.3, -0.25) is 9.59 Å². The highest BCUT2D eigenvalue weighted by Crippen LogP contribution is 2.34. The zero-order chi connectivity index (χ0) is 27.4. The molecule has 13 heteroatoms. The molecule has 0 fully saturated rings. The number of hydrogen-bond acceptors (Lipinski definition) is 7. The predicted octanol–water partition coefficient (Wildman–Crippen LogP) is 3.46. The molecule has 2 atom stereocenters. The van der Waals surface area contributed by atoms with Gasteiger partial charge in [0.25, 0.3) is 11.8 Å². The third kappa shape index (κ3) is 5.95. The number of likely N-dealkylation sites (N-methyl/N-ethyl adjacent to an activating group) is 1. The molecule has 0 bridgehead atoms. The number of halogens is 4. The third-order valence-corrected chi connectivity index (χ3v) is 6.44. The second-order valence-electron chi connectivity index (χ2n) is 8.39. The smallest absolute Gasteiger partial charge is 0.289 e. The number of hydrogen-bond donors (Lipinski definition) is 2. The van der Waals surface area contributed by atoms with Gasteiger partial charge in [0.1, 0.15) is 35.8 Å². The molecule has 2 amide bonds. The Kier molecular flexibility index (Phi) is 8.60. The second-order valence-corrected chi connectivity index (χ2v) is 9.11. The molecule has 4 rings (SSSR count). The first kappa shape index (κ1) is 27.5. The highest BCUT2D eigenvalue weighted by Gasteiger charge is 2.32. The summed E-state index contributed by atoms with van der Waals surface area (Å²) >= 11 is 11.9. The molecule has 0 aliphatic carbocycles. The molecule has 2 heterocycles. The first-order valence-electron chi connectivity index (χ1n) is 11.3. The quantitative estimate of drug-likeness (QED) is 0.401. The van der Waals surface area contributed by atoms with Crippen LogP contribution >= 0.6 is 23.2 Å². The second kappa shape index (κ2) is 11.9. The SMILES string of the molecule is CN1C(=O)[C@@H](NC(=O)c2ncc(Cl)c(-c3ccc(F)cc3F)n2)COc2ccc(OCC(CO)CCl)cc21. The Morgan fingerprint density at radius 3 is 2.82 bits per heavy atom. The van der Waals surface area contributed by atoms with E-state index < -0.39 is 29.5 Å². The van der Waals surface area contributed by atoms with Crippen molar-refractivity contribution in [1.29, 1.82) is 0 Å². The highest BCUT2D eigenvalue weighted by atomic mass is 35.5. The number of fused-ring (bicyclic) bond motifs is 1. The van der Waals surface area contributed by atoms with Crippen molar-refractivity contribution in [3.8, 4) is 22.8 Å². The minimum atomic E-state index is -1.11. The van der Waals surface area contributed by atoms with Crippen LogP contribution in [0.3, 0.4) is 0 Å². The van der Waals surface area contributed by atoms with Gasteiger partial charge < -0.3 is 24.8 Å². The fourth-order valence-corrected chi connectivity index (χ4v) is 3.98. The van der Waals surface area contributed by atoms with Crippen LogP contribution in [0.1, 0.15) is 10.6 Å². The van der Waals surface area contributed by atoms with E-state index in [2.05, 4.69) is 15.3 Å². The van der Waals surface area contributed by atoms with E-state index >= 15 is 0 Å². The highest BCUT2D eigenvalue weighted by molar-refractivity contribution is 6.33. The first-order valence-corrected chi connectivity index (χ1v) is 12.3. The monoisotopic (exact) mass is 566 g/mol. The summed E-state index contributed by atoms with van der Waals surface area (Å²) in [6.07, 6.45) is 1.11. The van der Waals surface area contributed by atoms with Crippen molar-refractivity contribution in [2.24, 2.45) is 5.92 Å². The maximum atomic E-state index is 14.3. The van der Waals surface area contributed by atoms with Crippen LogP contribution in [0.4, 0.5) is 14.5 Å². The number of benzene rings is 2. The number of carbonyl (C=O) groups excluding carboxylic acids is 2. The summed E-state index contributed by atoms with van der Waals surface area (Å²) in [5.41, 5.74) is 0.182. The van der Waals surface area contributed by atoms with E-state index in [1.807, 2.05) is 0 Å². The molecular formula is C25H22Cl2F2N4O5. The van der Waals surface area contributed by atoms with Gasteiger partial charge in [-0.1, -0.05) is 11.6 Å². The Morgan fingerprint density at radius 1 is 1.32 bits per heavy atom. The summed E-state index contributed by atoms with van der Waals surface area (Å²) < 4.78 is 39.0. The number of rotatable bonds is 8. The van der Waals surface area contributed by atoms with E-state index in [1.54, 1.807) is 18.2 Å². The molecule has 1 aliphatic rings. The van der Waals surface area contributed by atoms with Gasteiger partial charge in [-0.25, -0.2) is 18.7 Å². The van der Waals surface area contributed by atoms with Crippen LogP contribution in [0.5, 0.6) is 11.5 Å². The lowest BCUT2D eigenvalue weighted by atomic mass is 10.1. The topological polar surface area (TPSA) is 114 Å². The lowest BCUT2D eigenvalue weighted by molar-refractivity contribution is -0.120. The number of aliphatic hydroxyl groups excluding tert-OH is 1. The fourth-order valence-electron chi connectivity index (χ4n) is 3.60. The van der Waals surface area contributed by atoms with E-state index in [0.717, 1.165) is 18.3 Å². The van der Waals surface area contributed by atoms with E-state index in [0.29, 0.717) is 23.3 Å². The molecule has 38 heavy (non-hydrogen) atoms. The summed E-state index contributed by atoms with van der Waals surface area (Å²) in [6, 6.07) is 6.62. The van der Waals surface area contributed by atoms with E-state index in [-0.39, 0.29) is 53.7 Å². The molecule has 2 aromatic carbocycles. The van der Waals surface area contributed by atoms with Gasteiger partial charge >= 0.3 is 0 Å². The molecular weight excluding hydrogens is 545 g/mol. The maximum absolute atomic E-state index is 14.3. The van der Waals surface area contributed by atoms with Crippen LogP contribution in [0.15, 0.2) is 42.6 Å². The fraction of sp³-hybridized carbons (Fsp3) is 0.280. The first-order chi connectivity index (χ1) is 18.2. The number of amides is 2. The van der Waals surface area contributed by atoms with Crippen LogP contribution in [0, 0.1) is 17.6 Å². The lowest BCUT2D eigenvalue weighted by Gasteiger charge is -2.21. The summed E-state index contributed by atoms with van der Waals surface area (Å²) in [5.74, 6) is -2.59. The molecule has 2 N–H and O–H groups in total. The zero-order valence-corrected chi connectivity index (χ0v) is 21.5. The summed E-state index contributed by atoms with van der Waals surface area (Å²) in [4.78, 5) is 35.3. The summed E-state index contributed by atoms with van der Waals surface area (Å²) in [6.45, 7) is -0.135. The molecule has 1 aromatic heterocycles. The van der Waals surface area contributed by atoms with Gasteiger partial charge in [0.15, 0.2) is 0 Å². The number of aliphatic hydroxyl groups is 1. The van der Waals surface area contributed by atoms with Gasteiger partial charge in [-0.2, -0.15) is 0 Å². The Balaban J connectivity index is 1.51.